The van der Waals surface area contributed by atoms with Gasteiger partial charge in [0.2, 0.25) is 5.82 Å². The molecule has 0 bridgehead atoms. The van der Waals surface area contributed by atoms with E-state index in [4.69, 9.17) is 5.26 Å². The molecule has 7 heteroatoms. The Balaban J connectivity index is 3.02. The molecule has 7 nitrogen and oxygen atoms in total. The number of rotatable bonds is 5. The Morgan fingerprint density at radius 1 is 1.67 bits per heavy atom. The van der Waals surface area contributed by atoms with Gasteiger partial charge in [-0.15, -0.1) is 0 Å². The van der Waals surface area contributed by atoms with Crippen LogP contribution in [0.4, 0.5) is 11.5 Å². The van der Waals surface area contributed by atoms with Gasteiger partial charge in [0.1, 0.15) is 11.6 Å². The summed E-state index contributed by atoms with van der Waals surface area (Å²) in [5.74, 6) is 0.0483. The zero-order valence-electron chi connectivity index (χ0n) is 10.1. The smallest absolute Gasteiger partial charge is 0.328 e. The van der Waals surface area contributed by atoms with Crippen LogP contribution in [0.5, 0.6) is 0 Å². The summed E-state index contributed by atoms with van der Waals surface area (Å²) < 4.78 is 0. The lowest BCUT2D eigenvalue weighted by molar-refractivity contribution is -0.384. The molecule has 0 radical (unpaired) electrons. The number of nitrogens with zero attached hydrogens (tertiary/aromatic N) is 3. The number of nitriles is 1. The molecule has 0 fully saturated rings. The molecule has 1 aromatic rings. The Labute approximate surface area is 104 Å². The molecule has 0 amide bonds. The molecule has 0 saturated heterocycles. The standard InChI is InChI=1S/C11H14N4O3/c1-7(5-8(2)16)14-11-10(15(17)18)9(6-12)3-4-13-11/h3-4,7-8,16H,5H2,1-2H3,(H,13,14). The third-order valence-corrected chi connectivity index (χ3v) is 2.31. The quantitative estimate of drug-likeness (QED) is 0.603. The first kappa shape index (κ1) is 13.9. The van der Waals surface area contributed by atoms with Crippen molar-refractivity contribution < 1.29 is 10.0 Å². The van der Waals surface area contributed by atoms with Crippen LogP contribution in [0.15, 0.2) is 12.3 Å². The van der Waals surface area contributed by atoms with E-state index in [-0.39, 0.29) is 23.1 Å². The molecule has 0 aromatic carbocycles. The van der Waals surface area contributed by atoms with Crippen molar-refractivity contribution in [2.24, 2.45) is 0 Å². The van der Waals surface area contributed by atoms with Gasteiger partial charge >= 0.3 is 5.69 Å². The highest BCUT2D eigenvalue weighted by molar-refractivity contribution is 5.64. The predicted octanol–water partition coefficient (Wildman–Crippen LogP) is 1.43. The largest absolute Gasteiger partial charge is 0.393 e. The van der Waals surface area contributed by atoms with E-state index in [2.05, 4.69) is 10.3 Å². The number of pyridine rings is 1. The molecule has 1 rings (SSSR count). The average molecular weight is 250 g/mol. The Bertz CT molecular complexity index is 482. The summed E-state index contributed by atoms with van der Waals surface area (Å²) in [6.07, 6.45) is 1.24. The summed E-state index contributed by atoms with van der Waals surface area (Å²) in [7, 11) is 0. The number of aliphatic hydroxyl groups is 1. The molecule has 96 valence electrons. The zero-order valence-corrected chi connectivity index (χ0v) is 10.1. The summed E-state index contributed by atoms with van der Waals surface area (Å²) >= 11 is 0. The van der Waals surface area contributed by atoms with Gasteiger partial charge in [-0.2, -0.15) is 5.26 Å². The van der Waals surface area contributed by atoms with Crippen molar-refractivity contribution in [2.75, 3.05) is 5.32 Å². The number of hydrogen-bond acceptors (Lipinski definition) is 6. The number of aromatic nitrogens is 1. The summed E-state index contributed by atoms with van der Waals surface area (Å²) in [5, 5.41) is 31.8. The summed E-state index contributed by atoms with van der Waals surface area (Å²) in [6, 6.07) is 2.86. The normalized spacial score (nSPS) is 13.4. The highest BCUT2D eigenvalue weighted by atomic mass is 16.6. The minimum absolute atomic E-state index is 0.0400. The molecule has 2 unspecified atom stereocenters. The van der Waals surface area contributed by atoms with Crippen LogP contribution in [0.2, 0.25) is 0 Å². The lowest BCUT2D eigenvalue weighted by Crippen LogP contribution is -2.22. The fraction of sp³-hybridized carbons (Fsp3) is 0.455. The molecule has 0 aliphatic heterocycles. The second kappa shape index (κ2) is 5.93. The van der Waals surface area contributed by atoms with E-state index < -0.39 is 11.0 Å². The number of nitrogens with one attached hydrogen (secondary N) is 1. The van der Waals surface area contributed by atoms with Gasteiger partial charge in [0.15, 0.2) is 0 Å². The highest BCUT2D eigenvalue weighted by Gasteiger charge is 2.22. The fourth-order valence-electron chi connectivity index (χ4n) is 1.64. The second-order valence-corrected chi connectivity index (χ2v) is 4.05. The van der Waals surface area contributed by atoms with Gasteiger partial charge in [-0.3, -0.25) is 10.1 Å². The lowest BCUT2D eigenvalue weighted by Gasteiger charge is -2.15. The van der Waals surface area contributed by atoms with Gasteiger partial charge in [0, 0.05) is 12.2 Å². The van der Waals surface area contributed by atoms with E-state index in [1.54, 1.807) is 19.9 Å². The molecule has 0 spiro atoms. The van der Waals surface area contributed by atoms with Crippen molar-refractivity contribution in [2.45, 2.75) is 32.4 Å². The van der Waals surface area contributed by atoms with Crippen LogP contribution in [0.25, 0.3) is 0 Å². The van der Waals surface area contributed by atoms with Crippen molar-refractivity contribution in [3.63, 3.8) is 0 Å². The van der Waals surface area contributed by atoms with Gasteiger partial charge in [0.05, 0.1) is 11.0 Å². The van der Waals surface area contributed by atoms with E-state index in [0.717, 1.165) is 0 Å². The van der Waals surface area contributed by atoms with E-state index in [1.165, 1.54) is 12.3 Å². The van der Waals surface area contributed by atoms with Crippen LogP contribution in [0, 0.1) is 21.4 Å². The minimum atomic E-state index is -0.636. The monoisotopic (exact) mass is 250 g/mol. The average Bonchev–Trinajstić information content (AvgIpc) is 2.26. The summed E-state index contributed by atoms with van der Waals surface area (Å²) in [6.45, 7) is 3.41. The van der Waals surface area contributed by atoms with Gasteiger partial charge < -0.3 is 10.4 Å². The van der Waals surface area contributed by atoms with Crippen LogP contribution in [-0.2, 0) is 0 Å². The maximum absolute atomic E-state index is 10.9. The van der Waals surface area contributed by atoms with Crippen molar-refractivity contribution in [3.05, 3.63) is 27.9 Å². The first-order valence-corrected chi connectivity index (χ1v) is 5.43. The van der Waals surface area contributed by atoms with Crippen LogP contribution in [0.1, 0.15) is 25.8 Å². The van der Waals surface area contributed by atoms with Crippen molar-refractivity contribution >= 4 is 11.5 Å². The van der Waals surface area contributed by atoms with Crippen LogP contribution in [-0.4, -0.2) is 27.2 Å². The van der Waals surface area contributed by atoms with Gasteiger partial charge in [0.25, 0.3) is 0 Å². The van der Waals surface area contributed by atoms with Crippen molar-refractivity contribution in [3.8, 4) is 6.07 Å². The molecule has 1 heterocycles. The van der Waals surface area contributed by atoms with E-state index >= 15 is 0 Å². The Hall–Kier alpha value is -2.20. The fourth-order valence-corrected chi connectivity index (χ4v) is 1.64. The SMILES string of the molecule is CC(O)CC(C)Nc1nccc(C#N)c1[N+](=O)[O-]. The van der Waals surface area contributed by atoms with Gasteiger partial charge in [-0.1, -0.05) is 0 Å². The second-order valence-electron chi connectivity index (χ2n) is 4.05. The summed E-state index contributed by atoms with van der Waals surface area (Å²) in [5.41, 5.74) is -0.376. The van der Waals surface area contributed by atoms with E-state index in [0.29, 0.717) is 6.42 Å². The van der Waals surface area contributed by atoms with Crippen LogP contribution >= 0.6 is 0 Å². The lowest BCUT2D eigenvalue weighted by atomic mass is 10.1. The third-order valence-electron chi connectivity index (χ3n) is 2.31. The van der Waals surface area contributed by atoms with E-state index in [1.807, 2.05) is 0 Å². The number of nitro groups is 1. The van der Waals surface area contributed by atoms with Crippen LogP contribution in [0.3, 0.4) is 0 Å². The molecule has 0 saturated carbocycles. The van der Waals surface area contributed by atoms with Crippen molar-refractivity contribution in [1.29, 1.82) is 5.26 Å². The highest BCUT2D eigenvalue weighted by Crippen LogP contribution is 2.26. The Morgan fingerprint density at radius 2 is 2.33 bits per heavy atom. The van der Waals surface area contributed by atoms with Gasteiger partial charge in [-0.05, 0) is 26.3 Å². The first-order valence-electron chi connectivity index (χ1n) is 5.43. The zero-order chi connectivity index (χ0) is 13.7. The van der Waals surface area contributed by atoms with Crippen molar-refractivity contribution in [1.82, 2.24) is 4.98 Å². The number of aliphatic hydroxyl groups excluding tert-OH is 1. The molecule has 0 aliphatic rings. The Morgan fingerprint density at radius 3 is 2.83 bits per heavy atom. The topological polar surface area (TPSA) is 112 Å². The number of hydrogen-bond donors (Lipinski definition) is 2. The minimum Gasteiger partial charge on any atom is -0.393 e. The molecule has 0 aliphatic carbocycles. The molecule has 18 heavy (non-hydrogen) atoms. The first-order chi connectivity index (χ1) is 8.45. The molecule has 2 atom stereocenters. The van der Waals surface area contributed by atoms with Gasteiger partial charge in [-0.25, -0.2) is 4.98 Å². The third kappa shape index (κ3) is 3.40. The predicted molar refractivity (Wildman–Crippen MR) is 65.0 cm³/mol. The van der Waals surface area contributed by atoms with Crippen LogP contribution < -0.4 is 5.32 Å². The molecular weight excluding hydrogens is 236 g/mol. The maximum atomic E-state index is 10.9. The Kier molecular flexibility index (Phi) is 4.57. The molecule has 1 aromatic heterocycles. The molecule has 2 N–H and O–H groups in total. The summed E-state index contributed by atoms with van der Waals surface area (Å²) in [4.78, 5) is 14.2. The number of anilines is 1. The van der Waals surface area contributed by atoms with E-state index in [9.17, 15) is 15.2 Å². The molecular formula is C11H14N4O3. The maximum Gasteiger partial charge on any atom is 0.328 e.